The normalized spacial score (nSPS) is 14.5. The number of hydrogen-bond acceptors (Lipinski definition) is 5. The molecule has 8 heteroatoms. The molecule has 0 fully saturated rings. The van der Waals surface area contributed by atoms with E-state index in [2.05, 4.69) is 15.0 Å². The molecule has 6 nitrogen and oxygen atoms in total. The summed E-state index contributed by atoms with van der Waals surface area (Å²) in [6.07, 6.45) is -2.58. The molecule has 1 atom stereocenters. The molecule has 0 saturated carbocycles. The summed E-state index contributed by atoms with van der Waals surface area (Å²) in [7, 11) is 0. The van der Waals surface area contributed by atoms with Gasteiger partial charge < -0.3 is 9.84 Å². The molecule has 0 saturated heterocycles. The van der Waals surface area contributed by atoms with Crippen molar-refractivity contribution in [3.8, 4) is 0 Å². The van der Waals surface area contributed by atoms with E-state index in [0.29, 0.717) is 6.42 Å². The van der Waals surface area contributed by atoms with Crippen molar-refractivity contribution < 1.29 is 23.4 Å². The average molecular weight is 277 g/mol. The number of nitrogens with zero attached hydrogens (tertiary/aromatic N) is 3. The van der Waals surface area contributed by atoms with Gasteiger partial charge in [-0.3, -0.25) is 0 Å². The monoisotopic (exact) mass is 277 g/mol. The first-order valence-corrected chi connectivity index (χ1v) is 5.93. The first-order valence-electron chi connectivity index (χ1n) is 5.93. The van der Waals surface area contributed by atoms with E-state index in [4.69, 9.17) is 0 Å². The second-order valence-corrected chi connectivity index (χ2v) is 4.35. The highest BCUT2D eigenvalue weighted by Gasteiger charge is 2.30. The second-order valence-electron chi connectivity index (χ2n) is 4.35. The Kier molecular flexibility index (Phi) is 4.93. The molecular weight excluding hydrogens is 260 g/mol. The molecule has 0 aliphatic rings. The summed E-state index contributed by atoms with van der Waals surface area (Å²) in [4.78, 5) is 11.5. The topological polar surface area (TPSA) is 77.2 Å². The van der Waals surface area contributed by atoms with Crippen molar-refractivity contribution in [1.82, 2.24) is 15.0 Å². The molecule has 108 valence electrons. The van der Waals surface area contributed by atoms with E-state index >= 15 is 0 Å². The third-order valence-electron chi connectivity index (χ3n) is 2.70. The van der Waals surface area contributed by atoms with Gasteiger partial charge in [0, 0.05) is 0 Å². The Morgan fingerprint density at radius 2 is 2.16 bits per heavy atom. The standard InChI is InChI=1S/C11H17F2N3O3/c1-4-11(3,18)6-16-8(9(12)13)7(14-15-16)10(17)19-5-2/h9,18H,4-6H2,1-3H3. The highest BCUT2D eigenvalue weighted by Crippen LogP contribution is 2.24. The highest BCUT2D eigenvalue weighted by molar-refractivity contribution is 5.88. The van der Waals surface area contributed by atoms with Crippen LogP contribution in [0.2, 0.25) is 0 Å². The Labute approximate surface area is 109 Å². The second kappa shape index (κ2) is 6.05. The number of halogens is 2. The molecule has 1 N–H and O–H groups in total. The number of hydrogen-bond donors (Lipinski definition) is 1. The fourth-order valence-corrected chi connectivity index (χ4v) is 1.43. The predicted molar refractivity (Wildman–Crippen MR) is 61.9 cm³/mol. The summed E-state index contributed by atoms with van der Waals surface area (Å²) in [6.45, 7) is 4.65. The van der Waals surface area contributed by atoms with E-state index < -0.39 is 29.4 Å². The minimum atomic E-state index is -2.93. The Hall–Kier alpha value is -1.57. The zero-order chi connectivity index (χ0) is 14.6. The van der Waals surface area contributed by atoms with Crippen molar-refractivity contribution in [1.29, 1.82) is 0 Å². The summed E-state index contributed by atoms with van der Waals surface area (Å²) >= 11 is 0. The molecule has 0 aliphatic carbocycles. The van der Waals surface area contributed by atoms with Crippen LogP contribution in [0.5, 0.6) is 0 Å². The molecule has 0 amide bonds. The van der Waals surface area contributed by atoms with Gasteiger partial charge in [0.2, 0.25) is 0 Å². The average Bonchev–Trinajstić information content (AvgIpc) is 2.72. The predicted octanol–water partition coefficient (Wildman–Crippen LogP) is 1.55. The lowest BCUT2D eigenvalue weighted by atomic mass is 10.0. The maximum atomic E-state index is 13.0. The molecular formula is C11H17F2N3O3. The fraction of sp³-hybridized carbons (Fsp3) is 0.727. The van der Waals surface area contributed by atoms with Gasteiger partial charge in [-0.25, -0.2) is 18.3 Å². The van der Waals surface area contributed by atoms with Crippen LogP contribution in [0, 0.1) is 0 Å². The zero-order valence-corrected chi connectivity index (χ0v) is 11.1. The number of aliphatic hydroxyl groups is 1. The van der Waals surface area contributed by atoms with Crippen LogP contribution in [0.25, 0.3) is 0 Å². The van der Waals surface area contributed by atoms with Gasteiger partial charge in [0.1, 0.15) is 5.69 Å². The van der Waals surface area contributed by atoms with Crippen LogP contribution in [0.3, 0.4) is 0 Å². The maximum Gasteiger partial charge on any atom is 0.361 e. The minimum absolute atomic E-state index is 0.0566. The molecule has 19 heavy (non-hydrogen) atoms. The Morgan fingerprint density at radius 3 is 2.63 bits per heavy atom. The van der Waals surface area contributed by atoms with Crippen LogP contribution in [0.15, 0.2) is 0 Å². The minimum Gasteiger partial charge on any atom is -0.461 e. The molecule has 0 radical (unpaired) electrons. The number of esters is 1. The van der Waals surface area contributed by atoms with Gasteiger partial charge >= 0.3 is 5.97 Å². The van der Waals surface area contributed by atoms with E-state index in [9.17, 15) is 18.7 Å². The van der Waals surface area contributed by atoms with Gasteiger partial charge in [0.15, 0.2) is 5.69 Å². The SMILES string of the molecule is CCOC(=O)c1nnn(CC(C)(O)CC)c1C(F)F. The van der Waals surface area contributed by atoms with Crippen molar-refractivity contribution in [2.24, 2.45) is 0 Å². The van der Waals surface area contributed by atoms with Crippen molar-refractivity contribution >= 4 is 5.97 Å². The van der Waals surface area contributed by atoms with Crippen molar-refractivity contribution in [3.63, 3.8) is 0 Å². The smallest absolute Gasteiger partial charge is 0.361 e. The zero-order valence-electron chi connectivity index (χ0n) is 11.1. The third kappa shape index (κ3) is 3.69. The van der Waals surface area contributed by atoms with Crippen molar-refractivity contribution in [2.75, 3.05) is 6.61 Å². The summed E-state index contributed by atoms with van der Waals surface area (Å²) in [6, 6.07) is 0. The van der Waals surface area contributed by atoms with Crippen LogP contribution in [0.1, 0.15) is 49.8 Å². The summed E-state index contributed by atoms with van der Waals surface area (Å²) in [5.41, 5.74) is -2.35. The Balaban J connectivity index is 3.10. The number of ether oxygens (including phenoxy) is 1. The lowest BCUT2D eigenvalue weighted by Gasteiger charge is -2.21. The molecule has 1 unspecified atom stereocenters. The van der Waals surface area contributed by atoms with E-state index in [1.54, 1.807) is 13.8 Å². The first kappa shape index (κ1) is 15.5. The summed E-state index contributed by atoms with van der Waals surface area (Å²) in [5.74, 6) is -0.944. The number of aromatic nitrogens is 3. The number of carbonyl (C=O) groups excluding carboxylic acids is 1. The maximum absolute atomic E-state index is 13.0. The van der Waals surface area contributed by atoms with Gasteiger partial charge in [0.25, 0.3) is 6.43 Å². The largest absolute Gasteiger partial charge is 0.461 e. The molecule has 1 rings (SSSR count). The molecule has 1 aromatic rings. The van der Waals surface area contributed by atoms with E-state index in [0.717, 1.165) is 4.68 Å². The molecule has 0 spiro atoms. The van der Waals surface area contributed by atoms with E-state index in [1.807, 2.05) is 0 Å². The first-order chi connectivity index (χ1) is 8.82. The molecule has 0 aromatic carbocycles. The van der Waals surface area contributed by atoms with Crippen molar-refractivity contribution in [2.45, 2.75) is 45.8 Å². The quantitative estimate of drug-likeness (QED) is 0.798. The van der Waals surface area contributed by atoms with Gasteiger partial charge in [-0.1, -0.05) is 12.1 Å². The molecule has 0 aliphatic heterocycles. The number of rotatable bonds is 6. The van der Waals surface area contributed by atoms with Crippen LogP contribution in [-0.2, 0) is 11.3 Å². The summed E-state index contributed by atoms with van der Waals surface area (Å²) < 4.78 is 31.5. The van der Waals surface area contributed by atoms with E-state index in [-0.39, 0.29) is 13.2 Å². The Bertz CT molecular complexity index is 446. The van der Waals surface area contributed by atoms with Gasteiger partial charge in [-0.05, 0) is 20.3 Å². The van der Waals surface area contributed by atoms with Crippen LogP contribution in [-0.4, -0.2) is 38.3 Å². The van der Waals surface area contributed by atoms with Crippen LogP contribution < -0.4 is 0 Å². The van der Waals surface area contributed by atoms with E-state index in [1.165, 1.54) is 6.92 Å². The molecule has 0 bridgehead atoms. The molecule has 1 aromatic heterocycles. The fourth-order valence-electron chi connectivity index (χ4n) is 1.43. The highest BCUT2D eigenvalue weighted by atomic mass is 19.3. The van der Waals surface area contributed by atoms with Crippen molar-refractivity contribution in [3.05, 3.63) is 11.4 Å². The summed E-state index contributed by atoms with van der Waals surface area (Å²) in [5, 5.41) is 16.8. The third-order valence-corrected chi connectivity index (χ3v) is 2.70. The van der Waals surface area contributed by atoms with Gasteiger partial charge in [0.05, 0.1) is 18.8 Å². The van der Waals surface area contributed by atoms with Gasteiger partial charge in [-0.15, -0.1) is 5.10 Å². The number of alkyl halides is 2. The van der Waals surface area contributed by atoms with Crippen LogP contribution >= 0.6 is 0 Å². The van der Waals surface area contributed by atoms with Crippen LogP contribution in [0.4, 0.5) is 8.78 Å². The number of carbonyl (C=O) groups is 1. The Morgan fingerprint density at radius 1 is 1.53 bits per heavy atom. The van der Waals surface area contributed by atoms with Gasteiger partial charge in [-0.2, -0.15) is 0 Å². The lowest BCUT2D eigenvalue weighted by Crippen LogP contribution is -2.31. The molecule has 1 heterocycles. The lowest BCUT2D eigenvalue weighted by molar-refractivity contribution is 0.0286.